The Hall–Kier alpha value is -1.82. The molecule has 1 N–H and O–H groups in total. The minimum absolute atomic E-state index is 0.789. The van der Waals surface area contributed by atoms with E-state index in [9.17, 15) is 0 Å². The van der Waals surface area contributed by atoms with E-state index in [4.69, 9.17) is 0 Å². The number of fused-ring (bicyclic) bond motifs is 1. The van der Waals surface area contributed by atoms with Crippen molar-refractivity contribution in [1.82, 2.24) is 24.6 Å². The Morgan fingerprint density at radius 3 is 3.19 bits per heavy atom. The average molecular weight is 231 g/mol. The Balaban J connectivity index is 1.79. The molecule has 0 radical (unpaired) electrons. The maximum absolute atomic E-state index is 4.49. The minimum atomic E-state index is 0.789. The van der Waals surface area contributed by atoms with Crippen molar-refractivity contribution < 1.29 is 0 Å². The van der Waals surface area contributed by atoms with Gasteiger partial charge in [0.25, 0.3) is 0 Å². The summed E-state index contributed by atoms with van der Waals surface area (Å²) in [4.78, 5) is 8.54. The maximum atomic E-state index is 4.49. The molecule has 0 aliphatic rings. The van der Waals surface area contributed by atoms with Crippen LogP contribution in [0.2, 0.25) is 0 Å². The highest BCUT2D eigenvalue weighted by molar-refractivity contribution is 7.98. The highest BCUT2D eigenvalue weighted by Gasteiger charge is 2.02. The van der Waals surface area contributed by atoms with Gasteiger partial charge in [0.05, 0.1) is 5.69 Å². The molecular formula is C10H9N5S. The lowest BCUT2D eigenvalue weighted by atomic mass is 10.5. The summed E-state index contributed by atoms with van der Waals surface area (Å²) in [6.45, 7) is 0. The van der Waals surface area contributed by atoms with E-state index in [0.29, 0.717) is 0 Å². The summed E-state index contributed by atoms with van der Waals surface area (Å²) in [5, 5.41) is 7.42. The van der Waals surface area contributed by atoms with Gasteiger partial charge in [-0.25, -0.2) is 9.97 Å². The van der Waals surface area contributed by atoms with Crippen molar-refractivity contribution in [2.24, 2.45) is 0 Å². The van der Waals surface area contributed by atoms with Crippen molar-refractivity contribution in [3.8, 4) is 0 Å². The number of imidazole rings is 1. The van der Waals surface area contributed by atoms with E-state index in [0.717, 1.165) is 22.3 Å². The quantitative estimate of drug-likeness (QED) is 0.698. The van der Waals surface area contributed by atoms with E-state index in [1.165, 1.54) is 6.33 Å². The van der Waals surface area contributed by atoms with Crippen LogP contribution in [0.4, 0.5) is 0 Å². The number of rotatable bonds is 3. The molecular weight excluding hydrogens is 222 g/mol. The summed E-state index contributed by atoms with van der Waals surface area (Å²) in [6.07, 6.45) is 5.52. The fourth-order valence-electron chi connectivity index (χ4n) is 1.46. The molecule has 0 fully saturated rings. The van der Waals surface area contributed by atoms with E-state index < -0.39 is 0 Å². The summed E-state index contributed by atoms with van der Waals surface area (Å²) < 4.78 is 2.01. The first-order valence-electron chi connectivity index (χ1n) is 4.82. The highest BCUT2D eigenvalue weighted by Crippen LogP contribution is 2.17. The molecule has 3 aromatic rings. The van der Waals surface area contributed by atoms with Crippen LogP contribution < -0.4 is 0 Å². The SMILES string of the molecule is c1ccn2cc(CSc3ncn[nH]3)nc2c1. The first kappa shape index (κ1) is 9.41. The molecule has 6 heteroatoms. The van der Waals surface area contributed by atoms with Crippen molar-refractivity contribution >= 4 is 17.4 Å². The Kier molecular flexibility index (Phi) is 2.34. The van der Waals surface area contributed by atoms with Gasteiger partial charge in [-0.1, -0.05) is 17.8 Å². The van der Waals surface area contributed by atoms with Gasteiger partial charge in [-0.15, -0.1) is 0 Å². The number of nitrogens with zero attached hydrogens (tertiary/aromatic N) is 4. The molecule has 3 aromatic heterocycles. The normalized spacial score (nSPS) is 11.0. The van der Waals surface area contributed by atoms with Crippen molar-refractivity contribution in [2.75, 3.05) is 0 Å². The third-order valence-corrected chi connectivity index (χ3v) is 3.07. The predicted octanol–water partition coefficient (Wildman–Crippen LogP) is 1.74. The van der Waals surface area contributed by atoms with Crippen LogP contribution in [0.1, 0.15) is 5.69 Å². The third-order valence-electron chi connectivity index (χ3n) is 2.16. The molecule has 0 amide bonds. The first-order valence-corrected chi connectivity index (χ1v) is 5.81. The molecule has 0 atom stereocenters. The standard InChI is InChI=1S/C10H9N5S/c1-2-4-15-5-8(13-9(15)3-1)6-16-10-11-7-12-14-10/h1-5,7H,6H2,(H,11,12,14). The van der Waals surface area contributed by atoms with Crippen LogP contribution in [0.5, 0.6) is 0 Å². The number of hydrogen-bond acceptors (Lipinski definition) is 4. The van der Waals surface area contributed by atoms with Crippen LogP contribution in [0.25, 0.3) is 5.65 Å². The second-order valence-corrected chi connectivity index (χ2v) is 4.24. The molecule has 0 aromatic carbocycles. The summed E-state index contributed by atoms with van der Waals surface area (Å²) in [7, 11) is 0. The molecule has 16 heavy (non-hydrogen) atoms. The largest absolute Gasteiger partial charge is 0.307 e. The summed E-state index contributed by atoms with van der Waals surface area (Å²) >= 11 is 1.59. The van der Waals surface area contributed by atoms with Crippen LogP contribution in [-0.2, 0) is 5.75 Å². The average Bonchev–Trinajstić information content (AvgIpc) is 2.95. The number of pyridine rings is 1. The van der Waals surface area contributed by atoms with Crippen LogP contribution in [-0.4, -0.2) is 24.6 Å². The fourth-order valence-corrected chi connectivity index (χ4v) is 2.13. The van der Waals surface area contributed by atoms with E-state index in [1.54, 1.807) is 11.8 Å². The van der Waals surface area contributed by atoms with E-state index in [1.807, 2.05) is 35.0 Å². The first-order chi connectivity index (χ1) is 7.92. The molecule has 80 valence electrons. The molecule has 0 spiro atoms. The molecule has 0 saturated heterocycles. The molecule has 0 aliphatic carbocycles. The third kappa shape index (κ3) is 1.79. The Morgan fingerprint density at radius 1 is 1.38 bits per heavy atom. The van der Waals surface area contributed by atoms with Gasteiger partial charge in [-0.05, 0) is 12.1 Å². The number of hydrogen-bond donors (Lipinski definition) is 1. The lowest BCUT2D eigenvalue weighted by molar-refractivity contribution is 0.972. The number of aromatic amines is 1. The number of nitrogens with one attached hydrogen (secondary N) is 1. The number of aromatic nitrogens is 5. The molecule has 0 aliphatic heterocycles. The lowest BCUT2D eigenvalue weighted by Crippen LogP contribution is -1.81. The van der Waals surface area contributed by atoms with Gasteiger partial charge in [-0.2, -0.15) is 5.10 Å². The molecule has 0 bridgehead atoms. The molecule has 0 unspecified atom stereocenters. The predicted molar refractivity (Wildman–Crippen MR) is 61.1 cm³/mol. The Bertz CT molecular complexity index is 553. The highest BCUT2D eigenvalue weighted by atomic mass is 32.2. The van der Waals surface area contributed by atoms with Gasteiger partial charge >= 0.3 is 0 Å². The minimum Gasteiger partial charge on any atom is -0.307 e. The summed E-state index contributed by atoms with van der Waals surface area (Å²) in [5.41, 5.74) is 2.00. The zero-order chi connectivity index (χ0) is 10.8. The van der Waals surface area contributed by atoms with E-state index >= 15 is 0 Å². The van der Waals surface area contributed by atoms with Crippen LogP contribution in [0.15, 0.2) is 42.1 Å². The monoisotopic (exact) mass is 231 g/mol. The van der Waals surface area contributed by atoms with Gasteiger partial charge in [0.2, 0.25) is 0 Å². The smallest absolute Gasteiger partial charge is 0.183 e. The van der Waals surface area contributed by atoms with Crippen LogP contribution in [0.3, 0.4) is 0 Å². The Morgan fingerprint density at radius 2 is 2.38 bits per heavy atom. The van der Waals surface area contributed by atoms with Gasteiger partial charge < -0.3 is 4.40 Å². The molecule has 5 nitrogen and oxygen atoms in total. The van der Waals surface area contributed by atoms with Crippen molar-refractivity contribution in [3.05, 3.63) is 42.6 Å². The van der Waals surface area contributed by atoms with Gasteiger partial charge in [0, 0.05) is 18.1 Å². The van der Waals surface area contributed by atoms with E-state index in [2.05, 4.69) is 20.2 Å². The van der Waals surface area contributed by atoms with Crippen molar-refractivity contribution in [2.45, 2.75) is 10.9 Å². The summed E-state index contributed by atoms with van der Waals surface area (Å²) in [5.74, 6) is 0.789. The fraction of sp³-hybridized carbons (Fsp3) is 0.100. The van der Waals surface area contributed by atoms with Crippen molar-refractivity contribution in [1.29, 1.82) is 0 Å². The topological polar surface area (TPSA) is 58.9 Å². The lowest BCUT2D eigenvalue weighted by Gasteiger charge is -1.91. The number of thioether (sulfide) groups is 1. The van der Waals surface area contributed by atoms with Gasteiger partial charge in [-0.3, -0.25) is 5.10 Å². The summed E-state index contributed by atoms with van der Waals surface area (Å²) in [6, 6.07) is 5.96. The van der Waals surface area contributed by atoms with Crippen LogP contribution >= 0.6 is 11.8 Å². The molecule has 3 heterocycles. The molecule has 0 saturated carbocycles. The number of H-pyrrole nitrogens is 1. The van der Waals surface area contributed by atoms with Crippen molar-refractivity contribution in [3.63, 3.8) is 0 Å². The Labute approximate surface area is 95.9 Å². The van der Waals surface area contributed by atoms with Gasteiger partial charge in [0.1, 0.15) is 12.0 Å². The van der Waals surface area contributed by atoms with Crippen LogP contribution in [0, 0.1) is 0 Å². The molecule has 3 rings (SSSR count). The zero-order valence-electron chi connectivity index (χ0n) is 8.37. The second-order valence-electron chi connectivity index (χ2n) is 3.28. The van der Waals surface area contributed by atoms with E-state index in [-0.39, 0.29) is 0 Å². The zero-order valence-corrected chi connectivity index (χ0v) is 9.18. The maximum Gasteiger partial charge on any atom is 0.183 e. The second kappa shape index (κ2) is 3.97. The van der Waals surface area contributed by atoms with Gasteiger partial charge in [0.15, 0.2) is 5.16 Å².